The Morgan fingerprint density at radius 2 is 1.76 bits per heavy atom. The van der Waals surface area contributed by atoms with Crippen molar-refractivity contribution in [2.45, 2.75) is 39.0 Å². The Bertz CT molecular complexity index is 364. The maximum absolute atomic E-state index is 12.3. The van der Waals surface area contributed by atoms with Crippen molar-refractivity contribution in [3.63, 3.8) is 0 Å². The van der Waals surface area contributed by atoms with E-state index in [4.69, 9.17) is 0 Å². The van der Waals surface area contributed by atoms with Crippen molar-refractivity contribution in [1.82, 2.24) is 9.88 Å². The summed E-state index contributed by atoms with van der Waals surface area (Å²) in [7, 11) is 0. The lowest BCUT2D eigenvalue weighted by molar-refractivity contribution is 0.0742. The Balaban J connectivity index is 2.04. The van der Waals surface area contributed by atoms with Gasteiger partial charge in [-0.2, -0.15) is 0 Å². The monoisotopic (exact) mass is 232 g/mol. The van der Waals surface area contributed by atoms with E-state index in [1.807, 2.05) is 24.0 Å². The summed E-state index contributed by atoms with van der Waals surface area (Å²) in [5.74, 6) is 0.138. The Hall–Kier alpha value is -1.38. The second-order valence-corrected chi connectivity index (χ2v) is 4.75. The van der Waals surface area contributed by atoms with Crippen molar-refractivity contribution in [2.24, 2.45) is 0 Å². The highest BCUT2D eigenvalue weighted by Gasteiger charge is 2.16. The van der Waals surface area contributed by atoms with E-state index in [0.29, 0.717) is 0 Å². The summed E-state index contributed by atoms with van der Waals surface area (Å²) in [6, 6.07) is 3.78. The van der Waals surface area contributed by atoms with Gasteiger partial charge in [-0.25, -0.2) is 0 Å². The molecular weight excluding hydrogens is 212 g/mol. The summed E-state index contributed by atoms with van der Waals surface area (Å²) in [5, 5.41) is 0. The van der Waals surface area contributed by atoms with E-state index >= 15 is 0 Å². The summed E-state index contributed by atoms with van der Waals surface area (Å²) in [6.07, 6.45) is 7.76. The minimum absolute atomic E-state index is 0.138. The van der Waals surface area contributed by atoms with Gasteiger partial charge < -0.3 is 4.90 Å². The van der Waals surface area contributed by atoms with Crippen LogP contribution in [0.15, 0.2) is 18.3 Å². The first-order valence-corrected chi connectivity index (χ1v) is 6.49. The standard InChI is InChI=1S/C14H20N2O/c1-12-7-8-13(11-15-12)14(17)16-9-5-3-2-4-6-10-16/h7-8,11H,2-6,9-10H2,1H3. The molecule has 0 unspecified atom stereocenters. The minimum atomic E-state index is 0.138. The van der Waals surface area contributed by atoms with Gasteiger partial charge in [-0.3, -0.25) is 9.78 Å². The fourth-order valence-corrected chi connectivity index (χ4v) is 2.23. The predicted octanol–water partition coefficient (Wildman–Crippen LogP) is 2.80. The van der Waals surface area contributed by atoms with E-state index in [9.17, 15) is 4.79 Å². The topological polar surface area (TPSA) is 33.2 Å². The molecule has 2 heterocycles. The number of aryl methyl sites for hydroxylation is 1. The highest BCUT2D eigenvalue weighted by Crippen LogP contribution is 2.13. The van der Waals surface area contributed by atoms with Crippen LogP contribution in [0.4, 0.5) is 0 Å². The van der Waals surface area contributed by atoms with Gasteiger partial charge in [0.2, 0.25) is 0 Å². The van der Waals surface area contributed by atoms with Crippen molar-refractivity contribution in [1.29, 1.82) is 0 Å². The third-order valence-electron chi connectivity index (χ3n) is 3.30. The molecule has 1 aliphatic rings. The van der Waals surface area contributed by atoms with Gasteiger partial charge in [-0.15, -0.1) is 0 Å². The number of carbonyl (C=O) groups is 1. The number of carbonyl (C=O) groups excluding carboxylic acids is 1. The number of rotatable bonds is 1. The van der Waals surface area contributed by atoms with Crippen LogP contribution in [0.25, 0.3) is 0 Å². The molecule has 0 aliphatic carbocycles. The van der Waals surface area contributed by atoms with Crippen LogP contribution in [-0.4, -0.2) is 28.9 Å². The van der Waals surface area contributed by atoms with Crippen LogP contribution in [0.1, 0.15) is 48.2 Å². The number of amides is 1. The van der Waals surface area contributed by atoms with E-state index in [1.54, 1.807) is 6.20 Å². The predicted molar refractivity (Wildman–Crippen MR) is 68.0 cm³/mol. The molecule has 0 bridgehead atoms. The quantitative estimate of drug-likeness (QED) is 0.746. The maximum atomic E-state index is 12.3. The SMILES string of the molecule is Cc1ccc(C(=O)N2CCCCCCC2)cn1. The zero-order valence-corrected chi connectivity index (χ0v) is 10.5. The van der Waals surface area contributed by atoms with Crippen LogP contribution in [0, 0.1) is 6.92 Å². The first-order chi connectivity index (χ1) is 8.27. The van der Waals surface area contributed by atoms with Gasteiger partial charge >= 0.3 is 0 Å². The molecule has 2 rings (SSSR count). The molecule has 3 heteroatoms. The third kappa shape index (κ3) is 3.29. The molecule has 0 radical (unpaired) electrons. The lowest BCUT2D eigenvalue weighted by atomic mass is 10.1. The van der Waals surface area contributed by atoms with E-state index in [2.05, 4.69) is 4.98 Å². The molecule has 0 N–H and O–H groups in total. The number of aromatic nitrogens is 1. The Morgan fingerprint density at radius 3 is 2.35 bits per heavy atom. The zero-order valence-electron chi connectivity index (χ0n) is 10.5. The summed E-state index contributed by atoms with van der Waals surface area (Å²) in [5.41, 5.74) is 1.67. The molecule has 0 aromatic carbocycles. The van der Waals surface area contributed by atoms with Crippen LogP contribution in [0.5, 0.6) is 0 Å². The van der Waals surface area contributed by atoms with Gasteiger partial charge in [0.25, 0.3) is 5.91 Å². The largest absolute Gasteiger partial charge is 0.339 e. The van der Waals surface area contributed by atoms with Crippen LogP contribution < -0.4 is 0 Å². The van der Waals surface area contributed by atoms with Gasteiger partial charge in [-0.05, 0) is 31.9 Å². The second-order valence-electron chi connectivity index (χ2n) is 4.75. The Kier molecular flexibility index (Phi) is 4.13. The van der Waals surface area contributed by atoms with Gasteiger partial charge in [0.05, 0.1) is 5.56 Å². The number of nitrogens with zero attached hydrogens (tertiary/aromatic N) is 2. The molecule has 1 aromatic heterocycles. The maximum Gasteiger partial charge on any atom is 0.255 e. The van der Waals surface area contributed by atoms with Crippen LogP contribution in [0.3, 0.4) is 0 Å². The van der Waals surface area contributed by atoms with E-state index in [1.165, 1.54) is 19.3 Å². The van der Waals surface area contributed by atoms with Gasteiger partial charge in [0, 0.05) is 25.0 Å². The van der Waals surface area contributed by atoms with Crippen molar-refractivity contribution in [3.05, 3.63) is 29.6 Å². The fraction of sp³-hybridized carbons (Fsp3) is 0.571. The van der Waals surface area contributed by atoms with E-state index < -0.39 is 0 Å². The van der Waals surface area contributed by atoms with Crippen molar-refractivity contribution in [2.75, 3.05) is 13.1 Å². The molecule has 0 saturated carbocycles. The van der Waals surface area contributed by atoms with Gasteiger partial charge in [0.1, 0.15) is 0 Å². The first kappa shape index (κ1) is 12.1. The van der Waals surface area contributed by atoms with Gasteiger partial charge in [-0.1, -0.05) is 19.3 Å². The number of pyridine rings is 1. The summed E-state index contributed by atoms with van der Waals surface area (Å²) >= 11 is 0. The van der Waals surface area contributed by atoms with Gasteiger partial charge in [0.15, 0.2) is 0 Å². The average Bonchev–Trinajstić information content (AvgIpc) is 2.29. The van der Waals surface area contributed by atoms with Crippen molar-refractivity contribution >= 4 is 5.91 Å². The average molecular weight is 232 g/mol. The van der Waals surface area contributed by atoms with Crippen molar-refractivity contribution < 1.29 is 4.79 Å². The van der Waals surface area contributed by atoms with Crippen LogP contribution >= 0.6 is 0 Å². The first-order valence-electron chi connectivity index (χ1n) is 6.49. The minimum Gasteiger partial charge on any atom is -0.339 e. The fourth-order valence-electron chi connectivity index (χ4n) is 2.23. The summed E-state index contributed by atoms with van der Waals surface area (Å²) < 4.78 is 0. The molecule has 0 atom stereocenters. The second kappa shape index (κ2) is 5.80. The van der Waals surface area contributed by atoms with Crippen molar-refractivity contribution in [3.8, 4) is 0 Å². The van der Waals surface area contributed by atoms with Crippen LogP contribution in [0.2, 0.25) is 0 Å². The zero-order chi connectivity index (χ0) is 12.1. The van der Waals surface area contributed by atoms with E-state index in [-0.39, 0.29) is 5.91 Å². The molecular formula is C14H20N2O. The molecule has 1 fully saturated rings. The molecule has 1 aliphatic heterocycles. The van der Waals surface area contributed by atoms with Crippen LogP contribution in [-0.2, 0) is 0 Å². The Morgan fingerprint density at radius 1 is 1.12 bits per heavy atom. The third-order valence-corrected chi connectivity index (χ3v) is 3.30. The molecule has 1 amide bonds. The van der Waals surface area contributed by atoms with E-state index in [0.717, 1.165) is 37.2 Å². The molecule has 92 valence electrons. The molecule has 3 nitrogen and oxygen atoms in total. The molecule has 17 heavy (non-hydrogen) atoms. The Labute approximate surface area is 103 Å². The highest BCUT2D eigenvalue weighted by atomic mass is 16.2. The molecule has 1 saturated heterocycles. The number of hydrogen-bond acceptors (Lipinski definition) is 2. The number of likely N-dealkylation sites (tertiary alicyclic amines) is 1. The molecule has 0 spiro atoms. The smallest absolute Gasteiger partial charge is 0.255 e. The highest BCUT2D eigenvalue weighted by molar-refractivity contribution is 5.93. The summed E-state index contributed by atoms with van der Waals surface area (Å²) in [6.45, 7) is 3.73. The molecule has 1 aromatic rings. The number of hydrogen-bond donors (Lipinski definition) is 0. The summed E-state index contributed by atoms with van der Waals surface area (Å²) in [4.78, 5) is 18.4. The normalized spacial score (nSPS) is 17.4. The lowest BCUT2D eigenvalue weighted by Crippen LogP contribution is -2.33. The lowest BCUT2D eigenvalue weighted by Gasteiger charge is -2.24.